The predicted molar refractivity (Wildman–Crippen MR) is 83.8 cm³/mol. The first-order valence-electron chi connectivity index (χ1n) is 6.70. The molecule has 3 rings (SSSR count). The Labute approximate surface area is 132 Å². The Morgan fingerprint density at radius 1 is 1.13 bits per heavy atom. The molecule has 0 atom stereocenters. The highest BCUT2D eigenvalue weighted by Gasteiger charge is 2.17. The summed E-state index contributed by atoms with van der Waals surface area (Å²) in [6.45, 7) is 1.55. The van der Waals surface area contributed by atoms with E-state index in [2.05, 4.69) is 19.9 Å². The van der Waals surface area contributed by atoms with Gasteiger partial charge in [0.15, 0.2) is 5.82 Å². The molecule has 0 bridgehead atoms. The summed E-state index contributed by atoms with van der Waals surface area (Å²) in [5, 5.41) is 6.48. The molecule has 6 nitrogen and oxygen atoms in total. The highest BCUT2D eigenvalue weighted by Crippen LogP contribution is 2.22. The summed E-state index contributed by atoms with van der Waals surface area (Å²) in [5.41, 5.74) is 1.52. The van der Waals surface area contributed by atoms with Crippen molar-refractivity contribution in [2.75, 3.05) is 4.72 Å². The van der Waals surface area contributed by atoms with E-state index in [4.69, 9.17) is 0 Å². The largest absolute Gasteiger partial charge is 0.280 e. The smallest absolute Gasteiger partial charge is 0.262 e. The van der Waals surface area contributed by atoms with Crippen LogP contribution in [0.5, 0.6) is 0 Å². The molecule has 2 N–H and O–H groups in total. The van der Waals surface area contributed by atoms with Gasteiger partial charge >= 0.3 is 0 Å². The van der Waals surface area contributed by atoms with Crippen LogP contribution in [0.25, 0.3) is 11.4 Å². The Hall–Kier alpha value is -2.74. The Bertz CT molecular complexity index is 923. The molecule has 8 heteroatoms. The third kappa shape index (κ3) is 3.21. The zero-order valence-corrected chi connectivity index (χ0v) is 12.9. The number of halogens is 1. The van der Waals surface area contributed by atoms with Crippen molar-refractivity contribution in [1.82, 2.24) is 15.2 Å². The average Bonchev–Trinajstić information content (AvgIpc) is 3.01. The molecule has 0 aliphatic carbocycles. The van der Waals surface area contributed by atoms with Crippen LogP contribution < -0.4 is 4.72 Å². The number of H-pyrrole nitrogens is 1. The third-order valence-electron chi connectivity index (χ3n) is 3.25. The Kier molecular flexibility index (Phi) is 3.83. The summed E-state index contributed by atoms with van der Waals surface area (Å²) >= 11 is 0. The van der Waals surface area contributed by atoms with Gasteiger partial charge in [-0.2, -0.15) is 5.10 Å². The zero-order valence-electron chi connectivity index (χ0n) is 12.1. The van der Waals surface area contributed by atoms with E-state index in [0.29, 0.717) is 17.1 Å². The fourth-order valence-corrected chi connectivity index (χ4v) is 3.45. The molecular formula is C15H13FN4O2S. The normalized spacial score (nSPS) is 11.4. The summed E-state index contributed by atoms with van der Waals surface area (Å²) in [5.74, 6) is 0.117. The Balaban J connectivity index is 1.86. The molecular weight excluding hydrogens is 319 g/mol. The lowest BCUT2D eigenvalue weighted by Gasteiger charge is -2.10. The van der Waals surface area contributed by atoms with Gasteiger partial charge in [-0.15, -0.1) is 0 Å². The van der Waals surface area contributed by atoms with Crippen molar-refractivity contribution >= 4 is 15.7 Å². The standard InChI is InChI=1S/C15H13FN4O2S/c1-10-8-12(16)4-7-14(10)23(21,22)20-13-5-2-11(3-6-13)15-17-9-18-19-15/h2-9,20H,1H3,(H,17,18,19). The maximum absolute atomic E-state index is 13.1. The molecule has 0 saturated heterocycles. The van der Waals surface area contributed by atoms with Crippen LogP contribution in [-0.4, -0.2) is 23.6 Å². The van der Waals surface area contributed by atoms with Crippen molar-refractivity contribution < 1.29 is 12.8 Å². The molecule has 0 spiro atoms. The van der Waals surface area contributed by atoms with Crippen LogP contribution in [-0.2, 0) is 10.0 Å². The Morgan fingerprint density at radius 2 is 1.87 bits per heavy atom. The first-order chi connectivity index (χ1) is 11.0. The van der Waals surface area contributed by atoms with E-state index in [0.717, 1.165) is 11.6 Å². The number of hydrogen-bond acceptors (Lipinski definition) is 4. The van der Waals surface area contributed by atoms with Crippen molar-refractivity contribution in [2.24, 2.45) is 0 Å². The predicted octanol–water partition coefficient (Wildman–Crippen LogP) is 2.72. The molecule has 1 aromatic heterocycles. The fourth-order valence-electron chi connectivity index (χ4n) is 2.17. The summed E-state index contributed by atoms with van der Waals surface area (Å²) in [6.07, 6.45) is 1.39. The highest BCUT2D eigenvalue weighted by atomic mass is 32.2. The first kappa shape index (κ1) is 15.2. The number of aromatic amines is 1. The molecule has 0 fully saturated rings. The second-order valence-electron chi connectivity index (χ2n) is 4.93. The van der Waals surface area contributed by atoms with Crippen molar-refractivity contribution in [3.8, 4) is 11.4 Å². The molecule has 3 aromatic rings. The first-order valence-corrected chi connectivity index (χ1v) is 8.19. The second-order valence-corrected chi connectivity index (χ2v) is 6.58. The van der Waals surface area contributed by atoms with Gasteiger partial charge in [-0.3, -0.25) is 9.82 Å². The average molecular weight is 332 g/mol. The quantitative estimate of drug-likeness (QED) is 0.769. The van der Waals surface area contributed by atoms with E-state index in [-0.39, 0.29) is 4.90 Å². The number of aromatic nitrogens is 3. The number of hydrogen-bond donors (Lipinski definition) is 2. The van der Waals surface area contributed by atoms with E-state index in [1.807, 2.05) is 0 Å². The molecule has 1 heterocycles. The highest BCUT2D eigenvalue weighted by molar-refractivity contribution is 7.92. The molecule has 0 amide bonds. The van der Waals surface area contributed by atoms with E-state index < -0.39 is 15.8 Å². The molecule has 0 saturated carbocycles. The molecule has 0 radical (unpaired) electrons. The van der Waals surface area contributed by atoms with Gasteiger partial charge < -0.3 is 0 Å². The fraction of sp³-hybridized carbons (Fsp3) is 0.0667. The number of benzene rings is 2. The molecule has 0 unspecified atom stereocenters. The van der Waals surface area contributed by atoms with Crippen molar-refractivity contribution in [1.29, 1.82) is 0 Å². The van der Waals surface area contributed by atoms with Crippen molar-refractivity contribution in [3.63, 3.8) is 0 Å². The number of aryl methyl sites for hydroxylation is 1. The van der Waals surface area contributed by atoms with Crippen LogP contribution in [0.1, 0.15) is 5.56 Å². The molecule has 2 aromatic carbocycles. The van der Waals surface area contributed by atoms with Gasteiger partial charge in [-0.25, -0.2) is 17.8 Å². The van der Waals surface area contributed by atoms with Gasteiger partial charge in [0, 0.05) is 11.3 Å². The van der Waals surface area contributed by atoms with Crippen molar-refractivity contribution in [3.05, 3.63) is 60.2 Å². The second kappa shape index (κ2) is 5.81. The van der Waals surface area contributed by atoms with Crippen LogP contribution in [0.3, 0.4) is 0 Å². The minimum absolute atomic E-state index is 0.0400. The topological polar surface area (TPSA) is 87.7 Å². The van der Waals surface area contributed by atoms with Gasteiger partial charge in [0.05, 0.1) is 4.90 Å². The van der Waals surface area contributed by atoms with E-state index >= 15 is 0 Å². The number of rotatable bonds is 4. The van der Waals surface area contributed by atoms with E-state index in [1.165, 1.54) is 18.5 Å². The van der Waals surface area contributed by atoms with Crippen LogP contribution in [0.2, 0.25) is 0 Å². The summed E-state index contributed by atoms with van der Waals surface area (Å²) < 4.78 is 40.4. The maximum atomic E-state index is 13.1. The van der Waals surface area contributed by atoms with Crippen LogP contribution in [0, 0.1) is 12.7 Å². The monoisotopic (exact) mass is 332 g/mol. The summed E-state index contributed by atoms with van der Waals surface area (Å²) in [7, 11) is -3.78. The summed E-state index contributed by atoms with van der Waals surface area (Å²) in [4.78, 5) is 4.06. The van der Waals surface area contributed by atoms with E-state index in [1.54, 1.807) is 31.2 Å². The lowest BCUT2D eigenvalue weighted by Crippen LogP contribution is -2.14. The SMILES string of the molecule is Cc1cc(F)ccc1S(=O)(=O)Nc1ccc(-c2ncn[nH]2)cc1. The summed E-state index contributed by atoms with van der Waals surface area (Å²) in [6, 6.07) is 10.2. The maximum Gasteiger partial charge on any atom is 0.262 e. The molecule has 118 valence electrons. The zero-order chi connectivity index (χ0) is 16.4. The van der Waals surface area contributed by atoms with Crippen LogP contribution in [0.4, 0.5) is 10.1 Å². The van der Waals surface area contributed by atoms with Crippen molar-refractivity contribution in [2.45, 2.75) is 11.8 Å². The van der Waals surface area contributed by atoms with Gasteiger partial charge in [0.1, 0.15) is 12.1 Å². The molecule has 0 aliphatic rings. The lowest BCUT2D eigenvalue weighted by molar-refractivity contribution is 0.598. The minimum Gasteiger partial charge on any atom is -0.280 e. The molecule has 23 heavy (non-hydrogen) atoms. The number of sulfonamides is 1. The van der Waals surface area contributed by atoms with Crippen LogP contribution in [0.15, 0.2) is 53.7 Å². The number of nitrogens with one attached hydrogen (secondary N) is 2. The Morgan fingerprint density at radius 3 is 2.48 bits per heavy atom. The number of anilines is 1. The minimum atomic E-state index is -3.78. The van der Waals surface area contributed by atoms with Crippen LogP contribution >= 0.6 is 0 Å². The van der Waals surface area contributed by atoms with Gasteiger partial charge in [0.25, 0.3) is 10.0 Å². The third-order valence-corrected chi connectivity index (χ3v) is 4.79. The van der Waals surface area contributed by atoms with Gasteiger partial charge in [-0.1, -0.05) is 0 Å². The van der Waals surface area contributed by atoms with Gasteiger partial charge in [-0.05, 0) is 55.0 Å². The van der Waals surface area contributed by atoms with Gasteiger partial charge in [0.2, 0.25) is 0 Å². The lowest BCUT2D eigenvalue weighted by atomic mass is 10.2. The molecule has 0 aliphatic heterocycles. The number of nitrogens with zero attached hydrogens (tertiary/aromatic N) is 2. The van der Waals surface area contributed by atoms with E-state index in [9.17, 15) is 12.8 Å².